The van der Waals surface area contributed by atoms with Gasteiger partial charge in [-0.3, -0.25) is 9.59 Å². The summed E-state index contributed by atoms with van der Waals surface area (Å²) in [6, 6.07) is 0.516. The van der Waals surface area contributed by atoms with E-state index in [0.29, 0.717) is 6.54 Å². The highest BCUT2D eigenvalue weighted by Crippen LogP contribution is 2.09. The molecule has 6 nitrogen and oxygen atoms in total. The number of amides is 1. The van der Waals surface area contributed by atoms with Crippen molar-refractivity contribution in [1.82, 2.24) is 9.88 Å². The van der Waals surface area contributed by atoms with E-state index in [0.717, 1.165) is 24.1 Å². The highest BCUT2D eigenvalue weighted by molar-refractivity contribution is 5.96. The Morgan fingerprint density at radius 3 is 2.39 bits per heavy atom. The van der Waals surface area contributed by atoms with Gasteiger partial charge in [0.25, 0.3) is 11.5 Å². The Morgan fingerprint density at radius 2 is 1.91 bits per heavy atom. The second-order valence-corrected chi connectivity index (χ2v) is 6.17. The molecule has 1 aromatic heterocycles. The van der Waals surface area contributed by atoms with Gasteiger partial charge in [0.15, 0.2) is 0 Å². The molecule has 1 amide bonds. The molecule has 0 radical (unpaired) electrons. The third kappa shape index (κ3) is 4.43. The highest BCUT2D eigenvalue weighted by atomic mass is 16.4. The fourth-order valence-corrected chi connectivity index (χ4v) is 2.37. The molecule has 128 valence electrons. The average Bonchev–Trinajstić information content (AvgIpc) is 2.47. The Morgan fingerprint density at radius 1 is 1.30 bits per heavy atom. The first-order valence-corrected chi connectivity index (χ1v) is 7.95. The predicted molar refractivity (Wildman–Crippen MR) is 88.8 cm³/mol. The van der Waals surface area contributed by atoms with Gasteiger partial charge in [-0.15, -0.1) is 0 Å². The lowest BCUT2D eigenvalue weighted by Crippen LogP contribution is -2.46. The summed E-state index contributed by atoms with van der Waals surface area (Å²) in [6.07, 6.45) is 1.78. The number of nitrogens with zero attached hydrogens (tertiary/aromatic N) is 1. The lowest BCUT2D eigenvalue weighted by atomic mass is 10.0. The molecule has 1 aromatic rings. The molecule has 0 unspecified atom stereocenters. The summed E-state index contributed by atoms with van der Waals surface area (Å²) < 4.78 is 1.60. The van der Waals surface area contributed by atoms with E-state index in [9.17, 15) is 19.5 Å². The van der Waals surface area contributed by atoms with Crippen molar-refractivity contribution < 1.29 is 14.7 Å². The maximum absolute atomic E-state index is 12.6. The summed E-state index contributed by atoms with van der Waals surface area (Å²) in [7, 11) is 0. The SMILES string of the molecule is CCCCn1c(C)c(C)cc(C(=O)N[C@H](C(=O)O)C(C)C)c1=O. The van der Waals surface area contributed by atoms with Crippen LogP contribution in [0.3, 0.4) is 0 Å². The lowest BCUT2D eigenvalue weighted by Gasteiger charge is -2.19. The number of carbonyl (C=O) groups is 2. The van der Waals surface area contributed by atoms with Gasteiger partial charge in [0.1, 0.15) is 11.6 Å². The van der Waals surface area contributed by atoms with Gasteiger partial charge in [-0.2, -0.15) is 0 Å². The first kappa shape index (κ1) is 18.9. The number of pyridine rings is 1. The van der Waals surface area contributed by atoms with Crippen LogP contribution in [0.5, 0.6) is 0 Å². The third-order valence-corrected chi connectivity index (χ3v) is 4.01. The second kappa shape index (κ2) is 7.94. The number of carboxylic acid groups (broad SMARTS) is 1. The average molecular weight is 322 g/mol. The number of aliphatic carboxylic acids is 1. The lowest BCUT2D eigenvalue weighted by molar-refractivity contribution is -0.140. The van der Waals surface area contributed by atoms with Crippen molar-refractivity contribution in [2.75, 3.05) is 0 Å². The minimum atomic E-state index is -1.11. The fourth-order valence-electron chi connectivity index (χ4n) is 2.37. The molecular weight excluding hydrogens is 296 g/mol. The van der Waals surface area contributed by atoms with Gasteiger partial charge >= 0.3 is 5.97 Å². The van der Waals surface area contributed by atoms with E-state index in [-0.39, 0.29) is 17.0 Å². The molecule has 0 saturated heterocycles. The second-order valence-electron chi connectivity index (χ2n) is 6.17. The van der Waals surface area contributed by atoms with Crippen LogP contribution in [-0.2, 0) is 11.3 Å². The number of hydrogen-bond acceptors (Lipinski definition) is 3. The van der Waals surface area contributed by atoms with Crippen LogP contribution < -0.4 is 10.9 Å². The Labute approximate surface area is 136 Å². The summed E-state index contributed by atoms with van der Waals surface area (Å²) in [6.45, 7) is 9.69. The van der Waals surface area contributed by atoms with Gasteiger partial charge in [-0.25, -0.2) is 4.79 Å². The molecule has 0 aliphatic heterocycles. The number of carboxylic acids is 1. The minimum absolute atomic E-state index is 0.00361. The van der Waals surface area contributed by atoms with Crippen LogP contribution in [-0.4, -0.2) is 27.6 Å². The van der Waals surface area contributed by atoms with E-state index in [1.807, 2.05) is 20.8 Å². The summed E-state index contributed by atoms with van der Waals surface area (Å²) in [5.41, 5.74) is 1.30. The van der Waals surface area contributed by atoms with E-state index < -0.39 is 17.9 Å². The van der Waals surface area contributed by atoms with Gasteiger partial charge in [-0.1, -0.05) is 27.2 Å². The predicted octanol–water partition coefficient (Wildman–Crippen LogP) is 2.10. The standard InChI is InChI=1S/C17H26N2O4/c1-6-7-8-19-12(5)11(4)9-13(16(19)21)15(20)18-14(10(2)3)17(22)23/h9-10,14H,6-8H2,1-5H3,(H,18,20)(H,22,23)/t14-/m0/s1. The first-order chi connectivity index (χ1) is 10.7. The Bertz CT molecular complexity index is 647. The normalized spacial score (nSPS) is 12.3. The molecule has 23 heavy (non-hydrogen) atoms. The number of nitrogens with one attached hydrogen (secondary N) is 1. The molecular formula is C17H26N2O4. The highest BCUT2D eigenvalue weighted by Gasteiger charge is 2.25. The maximum atomic E-state index is 12.6. The summed E-state index contributed by atoms with van der Waals surface area (Å²) in [5.74, 6) is -2.02. The molecule has 1 rings (SSSR count). The van der Waals surface area contributed by atoms with Crippen molar-refractivity contribution in [1.29, 1.82) is 0 Å². The van der Waals surface area contributed by atoms with Crippen LogP contribution in [0.15, 0.2) is 10.9 Å². The molecule has 0 aliphatic carbocycles. The van der Waals surface area contributed by atoms with Crippen LogP contribution in [0, 0.1) is 19.8 Å². The van der Waals surface area contributed by atoms with E-state index in [1.165, 1.54) is 6.07 Å². The summed E-state index contributed by atoms with van der Waals surface area (Å²) in [5, 5.41) is 11.6. The first-order valence-electron chi connectivity index (χ1n) is 7.95. The smallest absolute Gasteiger partial charge is 0.326 e. The number of hydrogen-bond donors (Lipinski definition) is 2. The van der Waals surface area contributed by atoms with Crippen molar-refractivity contribution in [2.24, 2.45) is 5.92 Å². The van der Waals surface area contributed by atoms with Crippen LogP contribution in [0.4, 0.5) is 0 Å². The van der Waals surface area contributed by atoms with Crippen molar-refractivity contribution in [2.45, 2.75) is 60.0 Å². The van der Waals surface area contributed by atoms with Gasteiger partial charge < -0.3 is 15.0 Å². The van der Waals surface area contributed by atoms with E-state index >= 15 is 0 Å². The fraction of sp³-hybridized carbons (Fsp3) is 0.588. The molecule has 0 aromatic carbocycles. The zero-order valence-electron chi connectivity index (χ0n) is 14.5. The van der Waals surface area contributed by atoms with E-state index in [2.05, 4.69) is 5.32 Å². The van der Waals surface area contributed by atoms with Crippen molar-refractivity contribution in [3.05, 3.63) is 33.2 Å². The summed E-state index contributed by atoms with van der Waals surface area (Å²) >= 11 is 0. The number of aromatic nitrogens is 1. The molecule has 0 bridgehead atoms. The maximum Gasteiger partial charge on any atom is 0.326 e. The summed E-state index contributed by atoms with van der Waals surface area (Å²) in [4.78, 5) is 36.2. The Hall–Kier alpha value is -2.11. The van der Waals surface area contributed by atoms with Crippen LogP contribution >= 0.6 is 0 Å². The molecule has 0 aliphatic rings. The molecule has 0 spiro atoms. The molecule has 1 atom stereocenters. The van der Waals surface area contributed by atoms with Gasteiger partial charge in [0, 0.05) is 12.2 Å². The number of rotatable bonds is 7. The third-order valence-electron chi connectivity index (χ3n) is 4.01. The quantitative estimate of drug-likeness (QED) is 0.804. The number of aryl methyl sites for hydroxylation is 1. The van der Waals surface area contributed by atoms with Crippen molar-refractivity contribution in [3.63, 3.8) is 0 Å². The van der Waals surface area contributed by atoms with Crippen LogP contribution in [0.25, 0.3) is 0 Å². The Kier molecular flexibility index (Phi) is 6.54. The molecule has 0 saturated carbocycles. The minimum Gasteiger partial charge on any atom is -0.480 e. The largest absolute Gasteiger partial charge is 0.480 e. The number of unbranched alkanes of at least 4 members (excludes halogenated alkanes) is 1. The van der Waals surface area contributed by atoms with Crippen LogP contribution in [0.2, 0.25) is 0 Å². The van der Waals surface area contributed by atoms with E-state index in [1.54, 1.807) is 18.4 Å². The molecule has 0 fully saturated rings. The molecule has 6 heteroatoms. The van der Waals surface area contributed by atoms with Crippen molar-refractivity contribution in [3.8, 4) is 0 Å². The topological polar surface area (TPSA) is 88.4 Å². The van der Waals surface area contributed by atoms with Gasteiger partial charge in [-0.05, 0) is 37.8 Å². The van der Waals surface area contributed by atoms with Crippen LogP contribution in [0.1, 0.15) is 55.2 Å². The zero-order chi connectivity index (χ0) is 17.7. The number of carbonyl (C=O) groups excluding carboxylic acids is 1. The zero-order valence-corrected chi connectivity index (χ0v) is 14.5. The van der Waals surface area contributed by atoms with Gasteiger partial charge in [0.05, 0.1) is 0 Å². The van der Waals surface area contributed by atoms with E-state index in [4.69, 9.17) is 0 Å². The molecule has 1 heterocycles. The van der Waals surface area contributed by atoms with Gasteiger partial charge in [0.2, 0.25) is 0 Å². The monoisotopic (exact) mass is 322 g/mol. The Balaban J connectivity index is 3.22. The molecule has 2 N–H and O–H groups in total. The van der Waals surface area contributed by atoms with Crippen molar-refractivity contribution >= 4 is 11.9 Å².